The Morgan fingerprint density at radius 1 is 1.22 bits per heavy atom. The van der Waals surface area contributed by atoms with Gasteiger partial charge >= 0.3 is 11.9 Å². The molecule has 0 saturated carbocycles. The Bertz CT molecular complexity index is 336. The molecule has 18 heavy (non-hydrogen) atoms. The number of aliphatic carboxylic acids is 1. The van der Waals surface area contributed by atoms with Crippen LogP contribution in [0.5, 0.6) is 0 Å². The molecule has 0 atom stereocenters. The summed E-state index contributed by atoms with van der Waals surface area (Å²) in [5.74, 6) is -2.57. The summed E-state index contributed by atoms with van der Waals surface area (Å²) in [5.41, 5.74) is -0.288. The smallest absolute Gasteiger partial charge is 0.346 e. The van der Waals surface area contributed by atoms with Gasteiger partial charge in [0.25, 0.3) is 5.91 Å². The zero-order valence-electron chi connectivity index (χ0n) is 10.4. The Kier molecular flexibility index (Phi) is 8.00. The van der Waals surface area contributed by atoms with Gasteiger partial charge in [0.05, 0.1) is 19.6 Å². The van der Waals surface area contributed by atoms with Crippen LogP contribution in [0.3, 0.4) is 0 Å². The van der Waals surface area contributed by atoms with Gasteiger partial charge < -0.3 is 19.9 Å². The number of carboxylic acid groups (broad SMARTS) is 1. The van der Waals surface area contributed by atoms with Crippen molar-refractivity contribution in [2.24, 2.45) is 0 Å². The molecule has 7 heteroatoms. The van der Waals surface area contributed by atoms with Gasteiger partial charge in [0.2, 0.25) is 0 Å². The summed E-state index contributed by atoms with van der Waals surface area (Å²) in [7, 11) is 0. The topological polar surface area (TPSA) is 102 Å². The number of carbonyl (C=O) groups excluding carboxylic acids is 2. The Morgan fingerprint density at radius 2 is 1.89 bits per heavy atom. The van der Waals surface area contributed by atoms with Crippen molar-refractivity contribution in [1.29, 1.82) is 0 Å². The maximum Gasteiger partial charge on any atom is 0.346 e. The molecule has 0 spiro atoms. The van der Waals surface area contributed by atoms with Crippen molar-refractivity contribution < 1.29 is 29.0 Å². The van der Waals surface area contributed by atoms with Gasteiger partial charge in [-0.05, 0) is 13.8 Å². The van der Waals surface area contributed by atoms with E-state index in [9.17, 15) is 14.4 Å². The number of carbonyl (C=O) groups is 3. The summed E-state index contributed by atoms with van der Waals surface area (Å²) < 4.78 is 9.56. The van der Waals surface area contributed by atoms with Crippen LogP contribution < -0.4 is 5.32 Å². The van der Waals surface area contributed by atoms with E-state index < -0.39 is 17.8 Å². The van der Waals surface area contributed by atoms with Crippen LogP contribution in [0, 0.1) is 0 Å². The quantitative estimate of drug-likeness (QED) is 0.210. The summed E-state index contributed by atoms with van der Waals surface area (Å²) in [5, 5.41) is 10.7. The predicted molar refractivity (Wildman–Crippen MR) is 61.6 cm³/mol. The second-order valence-corrected chi connectivity index (χ2v) is 3.11. The van der Waals surface area contributed by atoms with E-state index in [1.54, 1.807) is 13.8 Å². The molecule has 2 N–H and O–H groups in total. The molecular formula is C11H17NO6. The second-order valence-electron chi connectivity index (χ2n) is 3.11. The highest BCUT2D eigenvalue weighted by Gasteiger charge is 2.20. The van der Waals surface area contributed by atoms with Crippen molar-refractivity contribution in [3.8, 4) is 0 Å². The maximum absolute atomic E-state index is 11.6. The Hall–Kier alpha value is -2.05. The van der Waals surface area contributed by atoms with Gasteiger partial charge in [0, 0.05) is 6.54 Å². The van der Waals surface area contributed by atoms with E-state index in [2.05, 4.69) is 10.1 Å². The number of hydrogen-bond acceptors (Lipinski definition) is 5. The fraction of sp³-hybridized carbons (Fsp3) is 0.545. The minimum Gasteiger partial charge on any atom is -0.500 e. The van der Waals surface area contributed by atoms with Crippen molar-refractivity contribution >= 4 is 17.8 Å². The van der Waals surface area contributed by atoms with Crippen LogP contribution in [0.4, 0.5) is 0 Å². The number of hydrogen-bond donors (Lipinski definition) is 2. The first kappa shape index (κ1) is 16.0. The standard InChI is InChI=1S/C11H17NO6/c1-3-17-7-8(11(16)18-4-2)10(15)12-6-5-9(13)14/h7H,3-6H2,1-2H3,(H,12,15)(H,13,14). The molecule has 0 saturated heterocycles. The first-order valence-corrected chi connectivity index (χ1v) is 5.51. The Balaban J connectivity index is 4.50. The molecule has 0 rings (SSSR count). The monoisotopic (exact) mass is 259 g/mol. The molecule has 0 aromatic rings. The summed E-state index contributed by atoms with van der Waals surface area (Å²) in [6.45, 7) is 3.66. The highest BCUT2D eigenvalue weighted by Crippen LogP contribution is 2.00. The minimum atomic E-state index is -1.04. The molecule has 0 aliphatic rings. The number of carboxylic acids is 1. The molecule has 0 aliphatic carbocycles. The molecule has 0 aliphatic heterocycles. The average Bonchev–Trinajstić information content (AvgIpc) is 2.29. The first-order chi connectivity index (χ1) is 8.52. The summed E-state index contributed by atoms with van der Waals surface area (Å²) in [4.78, 5) is 33.3. The zero-order chi connectivity index (χ0) is 14.0. The van der Waals surface area contributed by atoms with Crippen molar-refractivity contribution in [3.63, 3.8) is 0 Å². The van der Waals surface area contributed by atoms with E-state index >= 15 is 0 Å². The van der Waals surface area contributed by atoms with Gasteiger partial charge in [-0.2, -0.15) is 0 Å². The zero-order valence-corrected chi connectivity index (χ0v) is 10.4. The fourth-order valence-electron chi connectivity index (χ4n) is 0.948. The summed E-state index contributed by atoms with van der Waals surface area (Å²) in [6, 6.07) is 0. The molecule has 0 radical (unpaired) electrons. The third-order valence-corrected chi connectivity index (χ3v) is 1.73. The third-order valence-electron chi connectivity index (χ3n) is 1.73. The van der Waals surface area contributed by atoms with Crippen LogP contribution in [-0.2, 0) is 23.9 Å². The normalized spacial score (nSPS) is 10.7. The van der Waals surface area contributed by atoms with Crippen LogP contribution >= 0.6 is 0 Å². The molecule has 0 aromatic heterocycles. The lowest BCUT2D eigenvalue weighted by Crippen LogP contribution is -2.31. The van der Waals surface area contributed by atoms with Gasteiger partial charge in [-0.3, -0.25) is 9.59 Å². The largest absolute Gasteiger partial charge is 0.500 e. The molecule has 0 bridgehead atoms. The Labute approximate surface area is 105 Å². The highest BCUT2D eigenvalue weighted by molar-refractivity contribution is 6.16. The van der Waals surface area contributed by atoms with Crippen LogP contribution in [-0.4, -0.2) is 42.7 Å². The highest BCUT2D eigenvalue weighted by atomic mass is 16.5. The molecule has 7 nitrogen and oxygen atoms in total. The van der Waals surface area contributed by atoms with Crippen molar-refractivity contribution in [1.82, 2.24) is 5.32 Å². The molecule has 0 heterocycles. The molecule has 0 unspecified atom stereocenters. The SMILES string of the molecule is CCOC=C(C(=O)NCCC(=O)O)C(=O)OCC. The molecule has 102 valence electrons. The van der Waals surface area contributed by atoms with Crippen LogP contribution in [0.2, 0.25) is 0 Å². The van der Waals surface area contributed by atoms with Crippen LogP contribution in [0.25, 0.3) is 0 Å². The number of amides is 1. The average molecular weight is 259 g/mol. The van der Waals surface area contributed by atoms with E-state index in [0.29, 0.717) is 6.61 Å². The summed E-state index contributed by atoms with van der Waals surface area (Å²) in [6.07, 6.45) is 0.782. The molecular weight excluding hydrogens is 242 g/mol. The van der Waals surface area contributed by atoms with Gasteiger partial charge in [0.15, 0.2) is 5.57 Å². The van der Waals surface area contributed by atoms with Crippen LogP contribution in [0.15, 0.2) is 11.8 Å². The number of ether oxygens (including phenoxy) is 2. The number of nitrogens with one attached hydrogen (secondary N) is 1. The van der Waals surface area contributed by atoms with Crippen molar-refractivity contribution in [2.75, 3.05) is 19.8 Å². The minimum absolute atomic E-state index is 0.0724. The summed E-state index contributed by atoms with van der Waals surface area (Å²) >= 11 is 0. The third kappa shape index (κ3) is 6.51. The van der Waals surface area contributed by atoms with Crippen molar-refractivity contribution in [3.05, 3.63) is 11.8 Å². The molecule has 1 amide bonds. The van der Waals surface area contributed by atoms with Crippen molar-refractivity contribution in [2.45, 2.75) is 20.3 Å². The predicted octanol–water partition coefficient (Wildman–Crippen LogP) is 0.0608. The van der Waals surface area contributed by atoms with Gasteiger partial charge in [-0.1, -0.05) is 0 Å². The van der Waals surface area contributed by atoms with Gasteiger partial charge in [-0.25, -0.2) is 4.79 Å². The van der Waals surface area contributed by atoms with E-state index in [1.807, 2.05) is 0 Å². The fourth-order valence-corrected chi connectivity index (χ4v) is 0.948. The number of esters is 1. The Morgan fingerprint density at radius 3 is 2.39 bits per heavy atom. The number of rotatable bonds is 8. The van der Waals surface area contributed by atoms with Crippen LogP contribution in [0.1, 0.15) is 20.3 Å². The lowest BCUT2D eigenvalue weighted by Gasteiger charge is -2.07. The lowest BCUT2D eigenvalue weighted by molar-refractivity contribution is -0.140. The molecule has 0 aromatic carbocycles. The van der Waals surface area contributed by atoms with Gasteiger partial charge in [0.1, 0.15) is 6.26 Å². The van der Waals surface area contributed by atoms with E-state index in [-0.39, 0.29) is 25.1 Å². The molecule has 0 fully saturated rings. The van der Waals surface area contributed by atoms with E-state index in [1.165, 1.54) is 0 Å². The van der Waals surface area contributed by atoms with E-state index in [0.717, 1.165) is 6.26 Å². The second kappa shape index (κ2) is 9.03. The van der Waals surface area contributed by atoms with E-state index in [4.69, 9.17) is 9.84 Å². The first-order valence-electron chi connectivity index (χ1n) is 5.51. The maximum atomic E-state index is 11.6. The lowest BCUT2D eigenvalue weighted by atomic mass is 10.2. The van der Waals surface area contributed by atoms with Gasteiger partial charge in [-0.15, -0.1) is 0 Å².